The molecule has 0 radical (unpaired) electrons. The van der Waals surface area contributed by atoms with Crippen molar-refractivity contribution in [1.82, 2.24) is 14.8 Å². The van der Waals surface area contributed by atoms with E-state index in [0.29, 0.717) is 4.73 Å². The zero-order valence-corrected chi connectivity index (χ0v) is 11.7. The lowest BCUT2D eigenvalue weighted by molar-refractivity contribution is -0.0214. The first-order chi connectivity index (χ1) is 7.15. The van der Waals surface area contributed by atoms with Gasteiger partial charge in [0.2, 0.25) is 4.73 Å². The van der Waals surface area contributed by atoms with E-state index in [1.165, 1.54) is 12.8 Å². The lowest BCUT2D eigenvalue weighted by Crippen LogP contribution is -2.33. The van der Waals surface area contributed by atoms with Crippen molar-refractivity contribution in [3.63, 3.8) is 0 Å². The number of halogens is 2. The second-order valence-corrected chi connectivity index (χ2v) is 5.32. The Kier molecular flexibility index (Phi) is 3.47. The van der Waals surface area contributed by atoms with Crippen LogP contribution in [-0.4, -0.2) is 27.5 Å². The van der Waals surface area contributed by atoms with Gasteiger partial charge in [0.05, 0.1) is 12.1 Å². The number of ether oxygens (including phenoxy) is 1. The summed E-state index contributed by atoms with van der Waals surface area (Å²) in [4.78, 5) is 4.15. The van der Waals surface area contributed by atoms with Crippen LogP contribution in [0.15, 0.2) is 9.47 Å². The average molecular weight is 339 g/mol. The van der Waals surface area contributed by atoms with Crippen LogP contribution in [0, 0.1) is 0 Å². The molecule has 0 spiro atoms. The van der Waals surface area contributed by atoms with Crippen LogP contribution in [0.5, 0.6) is 0 Å². The zero-order chi connectivity index (χ0) is 10.9. The van der Waals surface area contributed by atoms with E-state index in [9.17, 15) is 0 Å². The Morgan fingerprint density at radius 1 is 1.40 bits per heavy atom. The summed E-state index contributed by atoms with van der Waals surface area (Å²) in [7, 11) is 1.78. The zero-order valence-electron chi connectivity index (χ0n) is 8.54. The number of rotatable bonds is 3. The van der Waals surface area contributed by atoms with Crippen LogP contribution < -0.4 is 0 Å². The van der Waals surface area contributed by atoms with Gasteiger partial charge in [0.25, 0.3) is 0 Å². The Hall–Kier alpha value is 0.0600. The molecule has 1 aliphatic rings. The van der Waals surface area contributed by atoms with Crippen LogP contribution in [-0.2, 0) is 11.3 Å². The molecular weight excluding hydrogens is 326 g/mol. The van der Waals surface area contributed by atoms with Crippen LogP contribution in [0.1, 0.15) is 25.7 Å². The fourth-order valence-corrected chi connectivity index (χ4v) is 3.09. The molecule has 84 valence electrons. The SMILES string of the molecule is COC1(Cn2nc(Br)nc2Br)CCCC1. The lowest BCUT2D eigenvalue weighted by atomic mass is 10.0. The van der Waals surface area contributed by atoms with Crippen molar-refractivity contribution in [1.29, 1.82) is 0 Å². The highest BCUT2D eigenvalue weighted by atomic mass is 79.9. The summed E-state index contributed by atoms with van der Waals surface area (Å²) >= 11 is 6.64. The Bertz CT molecular complexity index is 347. The van der Waals surface area contributed by atoms with E-state index in [-0.39, 0.29) is 5.60 Å². The standard InChI is InChI=1S/C9H13Br2N3O/c1-15-9(4-2-3-5-9)6-14-8(11)12-7(10)13-14/h2-6H2,1H3. The molecule has 1 saturated carbocycles. The van der Waals surface area contributed by atoms with E-state index in [1.807, 2.05) is 4.68 Å². The lowest BCUT2D eigenvalue weighted by Gasteiger charge is -2.27. The molecule has 4 nitrogen and oxygen atoms in total. The average Bonchev–Trinajstić information content (AvgIpc) is 2.76. The number of hydrogen-bond acceptors (Lipinski definition) is 3. The first-order valence-corrected chi connectivity index (χ1v) is 6.55. The third kappa shape index (κ3) is 2.42. The first kappa shape index (κ1) is 11.5. The Morgan fingerprint density at radius 3 is 2.53 bits per heavy atom. The van der Waals surface area contributed by atoms with E-state index >= 15 is 0 Å². The highest BCUT2D eigenvalue weighted by molar-refractivity contribution is 9.11. The summed E-state index contributed by atoms with van der Waals surface area (Å²) in [6, 6.07) is 0. The van der Waals surface area contributed by atoms with E-state index in [0.717, 1.165) is 24.1 Å². The molecule has 0 saturated heterocycles. The minimum Gasteiger partial charge on any atom is -0.376 e. The summed E-state index contributed by atoms with van der Waals surface area (Å²) in [6.45, 7) is 0.767. The molecule has 0 aromatic carbocycles. The largest absolute Gasteiger partial charge is 0.376 e. The van der Waals surface area contributed by atoms with Crippen LogP contribution in [0.4, 0.5) is 0 Å². The molecule has 1 heterocycles. The quantitative estimate of drug-likeness (QED) is 0.850. The summed E-state index contributed by atoms with van der Waals surface area (Å²) in [6.07, 6.45) is 4.68. The van der Waals surface area contributed by atoms with Crippen molar-refractivity contribution in [3.05, 3.63) is 9.47 Å². The molecule has 0 unspecified atom stereocenters. The van der Waals surface area contributed by atoms with Gasteiger partial charge < -0.3 is 4.74 Å². The minimum atomic E-state index is -0.0460. The Balaban J connectivity index is 2.16. The van der Waals surface area contributed by atoms with E-state index < -0.39 is 0 Å². The topological polar surface area (TPSA) is 39.9 Å². The predicted molar refractivity (Wildman–Crippen MR) is 63.6 cm³/mol. The van der Waals surface area contributed by atoms with Gasteiger partial charge in [-0.05, 0) is 44.7 Å². The molecule has 0 amide bonds. The van der Waals surface area contributed by atoms with Gasteiger partial charge in [-0.15, -0.1) is 5.10 Å². The summed E-state index contributed by atoms with van der Waals surface area (Å²) in [5, 5.41) is 4.26. The highest BCUT2D eigenvalue weighted by Crippen LogP contribution is 2.34. The minimum absolute atomic E-state index is 0.0460. The molecule has 6 heteroatoms. The second-order valence-electron chi connectivity index (χ2n) is 3.90. The molecule has 2 rings (SSSR count). The van der Waals surface area contributed by atoms with Gasteiger partial charge in [0.1, 0.15) is 0 Å². The normalized spacial score (nSPS) is 19.7. The van der Waals surface area contributed by atoms with Gasteiger partial charge in [-0.2, -0.15) is 4.98 Å². The van der Waals surface area contributed by atoms with Gasteiger partial charge >= 0.3 is 0 Å². The van der Waals surface area contributed by atoms with Crippen molar-refractivity contribution in [2.24, 2.45) is 0 Å². The summed E-state index contributed by atoms with van der Waals surface area (Å²) in [5.41, 5.74) is -0.0460. The molecule has 0 bridgehead atoms. The van der Waals surface area contributed by atoms with E-state index in [4.69, 9.17) is 4.74 Å². The fraction of sp³-hybridized carbons (Fsp3) is 0.778. The molecule has 1 fully saturated rings. The highest BCUT2D eigenvalue weighted by Gasteiger charge is 2.35. The number of methoxy groups -OCH3 is 1. The molecule has 0 N–H and O–H groups in total. The third-order valence-electron chi connectivity index (χ3n) is 2.99. The van der Waals surface area contributed by atoms with Crippen molar-refractivity contribution >= 4 is 31.9 Å². The van der Waals surface area contributed by atoms with Crippen molar-refractivity contribution in [3.8, 4) is 0 Å². The predicted octanol–water partition coefficient (Wildman–Crippen LogP) is 2.76. The first-order valence-electron chi connectivity index (χ1n) is 4.96. The van der Waals surface area contributed by atoms with Gasteiger partial charge in [-0.25, -0.2) is 4.68 Å². The molecule has 1 aromatic heterocycles. The Morgan fingerprint density at radius 2 is 2.07 bits per heavy atom. The molecule has 1 aromatic rings. The van der Waals surface area contributed by atoms with Crippen molar-refractivity contribution in [2.75, 3.05) is 7.11 Å². The summed E-state index contributed by atoms with van der Waals surface area (Å²) in [5.74, 6) is 0. The van der Waals surface area contributed by atoms with Gasteiger partial charge in [-0.1, -0.05) is 12.8 Å². The maximum absolute atomic E-state index is 5.64. The Labute approximate surface area is 106 Å². The van der Waals surface area contributed by atoms with Gasteiger partial charge in [0.15, 0.2) is 4.73 Å². The van der Waals surface area contributed by atoms with Crippen LogP contribution in [0.25, 0.3) is 0 Å². The number of hydrogen-bond donors (Lipinski definition) is 0. The fourth-order valence-electron chi connectivity index (χ4n) is 2.12. The molecule has 1 aliphatic carbocycles. The maximum Gasteiger partial charge on any atom is 0.218 e. The monoisotopic (exact) mass is 337 g/mol. The molecule has 15 heavy (non-hydrogen) atoms. The van der Waals surface area contributed by atoms with Gasteiger partial charge in [-0.3, -0.25) is 0 Å². The number of aromatic nitrogens is 3. The smallest absolute Gasteiger partial charge is 0.218 e. The van der Waals surface area contributed by atoms with Crippen LogP contribution in [0.2, 0.25) is 0 Å². The van der Waals surface area contributed by atoms with Crippen LogP contribution in [0.3, 0.4) is 0 Å². The number of nitrogens with zero attached hydrogens (tertiary/aromatic N) is 3. The van der Waals surface area contributed by atoms with E-state index in [2.05, 4.69) is 41.9 Å². The van der Waals surface area contributed by atoms with Crippen molar-refractivity contribution in [2.45, 2.75) is 37.8 Å². The van der Waals surface area contributed by atoms with Gasteiger partial charge in [0, 0.05) is 7.11 Å². The summed E-state index contributed by atoms with van der Waals surface area (Å²) < 4.78 is 8.85. The van der Waals surface area contributed by atoms with Crippen LogP contribution >= 0.6 is 31.9 Å². The second kappa shape index (κ2) is 4.51. The van der Waals surface area contributed by atoms with Crippen molar-refractivity contribution < 1.29 is 4.74 Å². The third-order valence-corrected chi connectivity index (χ3v) is 3.91. The maximum atomic E-state index is 5.64. The molecule has 0 atom stereocenters. The molecule has 0 aliphatic heterocycles. The molecular formula is C9H13Br2N3O. The van der Waals surface area contributed by atoms with E-state index in [1.54, 1.807) is 7.11 Å².